The van der Waals surface area contributed by atoms with E-state index in [4.69, 9.17) is 11.5 Å². The lowest BCUT2D eigenvalue weighted by Gasteiger charge is -2.12. The van der Waals surface area contributed by atoms with Crippen molar-refractivity contribution in [2.24, 2.45) is 11.7 Å². The predicted molar refractivity (Wildman–Crippen MR) is 60.6 cm³/mol. The zero-order valence-electron chi connectivity index (χ0n) is 9.16. The number of aryl methyl sites for hydroxylation is 1. The van der Waals surface area contributed by atoms with Gasteiger partial charge in [-0.3, -0.25) is 4.79 Å². The summed E-state index contributed by atoms with van der Waals surface area (Å²) in [4.78, 5) is 15.9. The van der Waals surface area contributed by atoms with Crippen molar-refractivity contribution in [1.82, 2.24) is 4.98 Å². The van der Waals surface area contributed by atoms with E-state index >= 15 is 0 Å². The molecule has 0 radical (unpaired) electrons. The molecule has 1 atom stereocenters. The van der Waals surface area contributed by atoms with E-state index in [1.807, 2.05) is 13.8 Å². The number of nitrogens with zero attached hydrogens (tertiary/aromatic N) is 1. The fraction of sp³-hybridized carbons (Fsp3) is 0.455. The third-order valence-electron chi connectivity index (χ3n) is 2.48. The minimum absolute atomic E-state index is 0.0311. The molecule has 0 aliphatic carbocycles. The molecule has 0 aliphatic heterocycles. The van der Waals surface area contributed by atoms with E-state index in [0.717, 1.165) is 5.56 Å². The van der Waals surface area contributed by atoms with Gasteiger partial charge in [0.1, 0.15) is 5.82 Å². The van der Waals surface area contributed by atoms with Gasteiger partial charge in [-0.25, -0.2) is 4.98 Å². The normalized spacial score (nSPS) is 12.5. The average molecular weight is 207 g/mol. The number of nitrogen functional groups attached to an aromatic ring is 1. The van der Waals surface area contributed by atoms with Crippen LogP contribution in [0.15, 0.2) is 12.3 Å². The third kappa shape index (κ3) is 2.53. The first-order valence-corrected chi connectivity index (χ1v) is 5.03. The minimum atomic E-state index is -0.0970. The van der Waals surface area contributed by atoms with E-state index in [1.165, 1.54) is 0 Å². The molecule has 0 bridgehead atoms. The summed E-state index contributed by atoms with van der Waals surface area (Å²) in [5.41, 5.74) is 12.5. The second-order valence-corrected chi connectivity index (χ2v) is 3.73. The lowest BCUT2D eigenvalue weighted by molar-refractivity contribution is 0.0925. The monoisotopic (exact) mass is 207 g/mol. The Morgan fingerprint density at radius 3 is 2.80 bits per heavy atom. The Morgan fingerprint density at radius 1 is 1.60 bits per heavy atom. The van der Waals surface area contributed by atoms with Crippen molar-refractivity contribution in [2.75, 3.05) is 12.3 Å². The smallest absolute Gasteiger partial charge is 0.169 e. The third-order valence-corrected chi connectivity index (χ3v) is 2.48. The minimum Gasteiger partial charge on any atom is -0.383 e. The maximum Gasteiger partial charge on any atom is 0.169 e. The highest BCUT2D eigenvalue weighted by Crippen LogP contribution is 2.19. The number of anilines is 1. The molecule has 4 N–H and O–H groups in total. The Balaban J connectivity index is 3.00. The van der Waals surface area contributed by atoms with Gasteiger partial charge in [0.2, 0.25) is 0 Å². The van der Waals surface area contributed by atoms with Gasteiger partial charge in [-0.2, -0.15) is 0 Å². The number of pyridine rings is 1. The lowest BCUT2D eigenvalue weighted by Crippen LogP contribution is -2.18. The molecule has 4 nitrogen and oxygen atoms in total. The first-order chi connectivity index (χ1) is 7.07. The molecule has 0 fully saturated rings. The van der Waals surface area contributed by atoms with Crippen molar-refractivity contribution in [3.05, 3.63) is 23.4 Å². The summed E-state index contributed by atoms with van der Waals surface area (Å²) in [6.45, 7) is 4.23. The summed E-state index contributed by atoms with van der Waals surface area (Å²) in [6.07, 6.45) is 2.28. The molecule has 1 aromatic rings. The molecule has 1 heterocycles. The van der Waals surface area contributed by atoms with Gasteiger partial charge in [-0.05, 0) is 31.5 Å². The SMILES string of the molecule is Cc1ccnc(N)c1C(=O)C(C)CCN. The highest BCUT2D eigenvalue weighted by Gasteiger charge is 2.19. The van der Waals surface area contributed by atoms with Crippen LogP contribution in [0.2, 0.25) is 0 Å². The van der Waals surface area contributed by atoms with Crippen LogP contribution in [-0.4, -0.2) is 17.3 Å². The number of carbonyl (C=O) groups is 1. The van der Waals surface area contributed by atoms with Gasteiger partial charge in [0.05, 0.1) is 5.56 Å². The van der Waals surface area contributed by atoms with Gasteiger partial charge in [0.25, 0.3) is 0 Å². The van der Waals surface area contributed by atoms with Crippen LogP contribution in [0.4, 0.5) is 5.82 Å². The van der Waals surface area contributed by atoms with Crippen LogP contribution in [0.3, 0.4) is 0 Å². The maximum atomic E-state index is 12.0. The summed E-state index contributed by atoms with van der Waals surface area (Å²) in [5.74, 6) is 0.243. The van der Waals surface area contributed by atoms with Gasteiger partial charge in [-0.15, -0.1) is 0 Å². The van der Waals surface area contributed by atoms with Crippen molar-refractivity contribution in [1.29, 1.82) is 0 Å². The standard InChI is InChI=1S/C11H17N3O/c1-7-4-6-14-11(13)9(7)10(15)8(2)3-5-12/h4,6,8H,3,5,12H2,1-2H3,(H2,13,14). The molecule has 0 spiro atoms. The van der Waals surface area contributed by atoms with E-state index < -0.39 is 0 Å². The van der Waals surface area contributed by atoms with Gasteiger partial charge in [0.15, 0.2) is 5.78 Å². The molecular weight excluding hydrogens is 190 g/mol. The molecule has 0 aliphatic rings. The fourth-order valence-electron chi connectivity index (χ4n) is 1.53. The summed E-state index contributed by atoms with van der Waals surface area (Å²) in [7, 11) is 0. The second kappa shape index (κ2) is 4.89. The second-order valence-electron chi connectivity index (χ2n) is 3.73. The Kier molecular flexibility index (Phi) is 3.80. The molecule has 0 saturated heterocycles. The van der Waals surface area contributed by atoms with E-state index in [0.29, 0.717) is 24.3 Å². The Labute approximate surface area is 89.7 Å². The topological polar surface area (TPSA) is 82.0 Å². The molecule has 4 heteroatoms. The van der Waals surface area contributed by atoms with Crippen molar-refractivity contribution in [3.8, 4) is 0 Å². The molecule has 1 unspecified atom stereocenters. The zero-order chi connectivity index (χ0) is 11.4. The largest absolute Gasteiger partial charge is 0.383 e. The molecule has 0 aromatic carbocycles. The zero-order valence-corrected chi connectivity index (χ0v) is 9.16. The van der Waals surface area contributed by atoms with Crippen LogP contribution in [0.5, 0.6) is 0 Å². The van der Waals surface area contributed by atoms with Gasteiger partial charge in [-0.1, -0.05) is 6.92 Å². The van der Waals surface area contributed by atoms with Crippen molar-refractivity contribution in [2.45, 2.75) is 20.3 Å². The molecule has 15 heavy (non-hydrogen) atoms. The van der Waals surface area contributed by atoms with Crippen LogP contribution in [0.1, 0.15) is 29.3 Å². The number of aromatic nitrogens is 1. The van der Waals surface area contributed by atoms with Crippen molar-refractivity contribution in [3.63, 3.8) is 0 Å². The predicted octanol–water partition coefficient (Wildman–Crippen LogP) is 1.14. The molecule has 0 amide bonds. The maximum absolute atomic E-state index is 12.0. The Bertz CT molecular complexity index is 343. The van der Waals surface area contributed by atoms with Gasteiger partial charge in [0, 0.05) is 12.1 Å². The molecule has 0 saturated carbocycles. The molecule has 1 rings (SSSR count). The van der Waals surface area contributed by atoms with Crippen LogP contribution in [-0.2, 0) is 0 Å². The summed E-state index contributed by atoms with van der Waals surface area (Å²) < 4.78 is 0. The van der Waals surface area contributed by atoms with Crippen molar-refractivity contribution >= 4 is 11.6 Å². The van der Waals surface area contributed by atoms with E-state index in [9.17, 15) is 4.79 Å². The number of carbonyl (C=O) groups excluding carboxylic acids is 1. The average Bonchev–Trinajstić information content (AvgIpc) is 2.17. The molecular formula is C11H17N3O. The lowest BCUT2D eigenvalue weighted by atomic mass is 9.94. The van der Waals surface area contributed by atoms with Crippen LogP contribution in [0, 0.1) is 12.8 Å². The summed E-state index contributed by atoms with van der Waals surface area (Å²) >= 11 is 0. The highest BCUT2D eigenvalue weighted by atomic mass is 16.1. The molecule has 1 aromatic heterocycles. The number of Topliss-reactive ketones (excluding diaryl/α,β-unsaturated/α-hetero) is 1. The number of hydrogen-bond acceptors (Lipinski definition) is 4. The van der Waals surface area contributed by atoms with Gasteiger partial charge >= 0.3 is 0 Å². The van der Waals surface area contributed by atoms with Gasteiger partial charge < -0.3 is 11.5 Å². The first kappa shape index (κ1) is 11.7. The summed E-state index contributed by atoms with van der Waals surface area (Å²) in [6, 6.07) is 1.79. The number of rotatable bonds is 4. The Hall–Kier alpha value is -1.42. The first-order valence-electron chi connectivity index (χ1n) is 5.03. The van der Waals surface area contributed by atoms with Crippen molar-refractivity contribution < 1.29 is 4.79 Å². The Morgan fingerprint density at radius 2 is 2.27 bits per heavy atom. The number of nitrogens with two attached hydrogens (primary N) is 2. The van der Waals surface area contributed by atoms with E-state index in [-0.39, 0.29) is 11.7 Å². The molecule has 82 valence electrons. The van der Waals surface area contributed by atoms with Crippen LogP contribution >= 0.6 is 0 Å². The summed E-state index contributed by atoms with van der Waals surface area (Å²) in [5, 5.41) is 0. The van der Waals surface area contributed by atoms with Crippen LogP contribution in [0.25, 0.3) is 0 Å². The highest BCUT2D eigenvalue weighted by molar-refractivity contribution is 6.02. The number of ketones is 1. The number of hydrogen-bond donors (Lipinski definition) is 2. The van der Waals surface area contributed by atoms with E-state index in [2.05, 4.69) is 4.98 Å². The quantitative estimate of drug-likeness (QED) is 0.725. The van der Waals surface area contributed by atoms with E-state index in [1.54, 1.807) is 12.3 Å². The van der Waals surface area contributed by atoms with Crippen LogP contribution < -0.4 is 11.5 Å². The fourth-order valence-corrected chi connectivity index (χ4v) is 1.53.